The number of hydrogen-bond acceptors (Lipinski definition) is 5. The second kappa shape index (κ2) is 13.7. The van der Waals surface area contributed by atoms with Gasteiger partial charge in [0.2, 0.25) is 5.91 Å². The van der Waals surface area contributed by atoms with Gasteiger partial charge in [-0.25, -0.2) is 9.07 Å². The molecule has 2 aliphatic rings. The first kappa shape index (κ1) is 33.6. The molecule has 0 unspecified atom stereocenters. The average molecular weight is 675 g/mol. The van der Waals surface area contributed by atoms with E-state index in [2.05, 4.69) is 10.6 Å². The minimum absolute atomic E-state index is 0.0419. The van der Waals surface area contributed by atoms with Gasteiger partial charge >= 0.3 is 6.18 Å². The lowest BCUT2D eigenvalue weighted by atomic mass is 9.80. The fraction of sp³-hybridized carbons (Fsp3) is 0.278. The first-order valence-electron chi connectivity index (χ1n) is 15.8. The molecule has 0 aliphatic carbocycles. The summed E-state index contributed by atoms with van der Waals surface area (Å²) in [7, 11) is 1.93. The first-order chi connectivity index (χ1) is 23.5. The fourth-order valence-electron chi connectivity index (χ4n) is 6.38. The highest BCUT2D eigenvalue weighted by Gasteiger charge is 2.46. The summed E-state index contributed by atoms with van der Waals surface area (Å²) in [6.07, 6.45) is -2.06. The van der Waals surface area contributed by atoms with Gasteiger partial charge in [0.25, 0.3) is 11.8 Å². The van der Waals surface area contributed by atoms with Gasteiger partial charge < -0.3 is 15.5 Å². The van der Waals surface area contributed by atoms with Crippen LogP contribution in [-0.2, 0) is 22.3 Å². The third kappa shape index (κ3) is 6.84. The van der Waals surface area contributed by atoms with Gasteiger partial charge in [-0.3, -0.25) is 19.3 Å². The Morgan fingerprint density at radius 2 is 1.71 bits per heavy atom. The second-order valence-corrected chi connectivity index (χ2v) is 12.0. The van der Waals surface area contributed by atoms with Gasteiger partial charge in [-0.15, -0.1) is 0 Å². The molecule has 2 atom stereocenters. The van der Waals surface area contributed by atoms with Crippen LogP contribution < -0.4 is 15.5 Å². The molecule has 3 amide bonds. The maximum atomic E-state index is 14.4. The molecule has 254 valence electrons. The summed E-state index contributed by atoms with van der Waals surface area (Å²) in [6, 6.07) is 17.1. The minimum atomic E-state index is -4.68. The molecule has 0 saturated carbocycles. The Morgan fingerprint density at radius 3 is 2.39 bits per heavy atom. The zero-order valence-electron chi connectivity index (χ0n) is 26.8. The number of rotatable bonds is 8. The predicted octanol–water partition coefficient (Wildman–Crippen LogP) is 5.21. The summed E-state index contributed by atoms with van der Waals surface area (Å²) in [5.41, 5.74) is 1.30. The molecule has 2 N–H and O–H groups in total. The SMILES string of the molecule is CCN1C(=O)[C@@H](NC(=O)c2cccc(C(F)(F)F)c2)[C@@H](c2ccc(F)cc2)c2c(CNC(=O)C3=CCCN(C)C3)nn(-c3ccccc3)c21. The van der Waals surface area contributed by atoms with Crippen LogP contribution in [0.1, 0.15) is 52.0 Å². The molecule has 2 aliphatic heterocycles. The normalized spacial score (nSPS) is 18.1. The van der Waals surface area contributed by atoms with Gasteiger partial charge in [0.1, 0.15) is 17.7 Å². The number of para-hydroxylation sites is 1. The number of likely N-dealkylation sites (N-methyl/N-ethyl adjacent to an activating group) is 2. The van der Waals surface area contributed by atoms with Crippen molar-refractivity contribution in [3.63, 3.8) is 0 Å². The first-order valence-corrected chi connectivity index (χ1v) is 15.8. The van der Waals surface area contributed by atoms with Crippen molar-refractivity contribution in [2.24, 2.45) is 0 Å². The monoisotopic (exact) mass is 674 g/mol. The molecule has 13 heteroatoms. The molecule has 0 bridgehead atoms. The van der Waals surface area contributed by atoms with E-state index < -0.39 is 41.3 Å². The maximum Gasteiger partial charge on any atom is 0.416 e. The number of fused-ring (bicyclic) bond motifs is 1. The van der Waals surface area contributed by atoms with E-state index >= 15 is 0 Å². The van der Waals surface area contributed by atoms with Crippen LogP contribution in [-0.4, -0.2) is 65.1 Å². The van der Waals surface area contributed by atoms with E-state index in [1.165, 1.54) is 35.2 Å². The molecule has 1 aromatic heterocycles. The van der Waals surface area contributed by atoms with Gasteiger partial charge in [0.15, 0.2) is 0 Å². The van der Waals surface area contributed by atoms with E-state index in [-0.39, 0.29) is 24.6 Å². The topological polar surface area (TPSA) is 99.6 Å². The van der Waals surface area contributed by atoms with E-state index in [9.17, 15) is 31.9 Å². The van der Waals surface area contributed by atoms with Crippen molar-refractivity contribution in [1.29, 1.82) is 0 Å². The third-order valence-corrected chi connectivity index (χ3v) is 8.74. The summed E-state index contributed by atoms with van der Waals surface area (Å²) < 4.78 is 56.4. The lowest BCUT2D eigenvalue weighted by Crippen LogP contribution is -2.55. The number of nitrogens with one attached hydrogen (secondary N) is 2. The molecule has 0 saturated heterocycles. The number of benzene rings is 3. The van der Waals surface area contributed by atoms with Crippen LogP contribution in [0.2, 0.25) is 0 Å². The summed E-state index contributed by atoms with van der Waals surface area (Å²) in [5.74, 6) is -2.78. The third-order valence-electron chi connectivity index (χ3n) is 8.74. The molecule has 6 rings (SSSR count). The molecule has 0 fully saturated rings. The molecule has 4 aromatic rings. The molecule has 3 heterocycles. The molecule has 49 heavy (non-hydrogen) atoms. The van der Waals surface area contributed by atoms with Gasteiger partial charge in [-0.2, -0.15) is 18.3 Å². The van der Waals surface area contributed by atoms with Crippen molar-refractivity contribution < 1.29 is 31.9 Å². The number of halogens is 4. The molecule has 3 aromatic carbocycles. The maximum absolute atomic E-state index is 14.4. The predicted molar refractivity (Wildman–Crippen MR) is 175 cm³/mol. The number of nitrogens with zero attached hydrogens (tertiary/aromatic N) is 4. The smallest absolute Gasteiger partial charge is 0.347 e. The van der Waals surface area contributed by atoms with Gasteiger partial charge in [-0.05, 0) is 68.4 Å². The quantitative estimate of drug-likeness (QED) is 0.251. The highest BCUT2D eigenvalue weighted by molar-refractivity contribution is 6.05. The standard InChI is InChI=1S/C36H34F4N6O3/c1-3-45-34-30(28(43-46(34)27-12-5-4-6-13-27)20-41-32(47)24-10-8-18-44(2)21-24)29(22-14-16-26(37)17-15-22)31(35(45)49)42-33(48)23-9-7-11-25(19-23)36(38,39)40/h4-7,9-17,19,29,31H,3,8,18,20-21H2,1-2H3,(H,41,47)(H,42,48)/t29-,31-/m0/s1. The number of hydrogen-bond donors (Lipinski definition) is 2. The van der Waals surface area contributed by atoms with Crippen LogP contribution in [0.5, 0.6) is 0 Å². The van der Waals surface area contributed by atoms with Crippen molar-refractivity contribution in [2.75, 3.05) is 31.6 Å². The number of anilines is 1. The van der Waals surface area contributed by atoms with E-state index in [0.29, 0.717) is 40.4 Å². The van der Waals surface area contributed by atoms with Crippen LogP contribution in [0.4, 0.5) is 23.4 Å². The van der Waals surface area contributed by atoms with Crippen LogP contribution in [0.15, 0.2) is 90.5 Å². The van der Waals surface area contributed by atoms with Crippen LogP contribution in [0, 0.1) is 5.82 Å². The number of amides is 3. The Morgan fingerprint density at radius 1 is 0.980 bits per heavy atom. The van der Waals surface area contributed by atoms with Crippen molar-refractivity contribution in [2.45, 2.75) is 38.0 Å². The fourth-order valence-corrected chi connectivity index (χ4v) is 6.38. The van der Waals surface area contributed by atoms with Crippen molar-refractivity contribution >= 4 is 23.5 Å². The number of aromatic nitrogens is 2. The Kier molecular flexibility index (Phi) is 9.37. The summed E-state index contributed by atoms with van der Waals surface area (Å²) in [5, 5.41) is 10.6. The van der Waals surface area contributed by atoms with Crippen LogP contribution >= 0.6 is 0 Å². The van der Waals surface area contributed by atoms with Crippen molar-refractivity contribution in [1.82, 2.24) is 25.3 Å². The lowest BCUT2D eigenvalue weighted by Gasteiger charge is -2.38. The highest BCUT2D eigenvalue weighted by atomic mass is 19.4. The zero-order valence-corrected chi connectivity index (χ0v) is 26.8. The largest absolute Gasteiger partial charge is 0.416 e. The Bertz CT molecular complexity index is 1910. The number of carbonyl (C=O) groups excluding carboxylic acids is 3. The van der Waals surface area contributed by atoms with Crippen molar-refractivity contribution in [3.8, 4) is 5.69 Å². The second-order valence-electron chi connectivity index (χ2n) is 12.0. The summed E-state index contributed by atoms with van der Waals surface area (Å²) in [6.45, 7) is 3.17. The molecule has 9 nitrogen and oxygen atoms in total. The molecular formula is C36H34F4N6O3. The molecule has 0 spiro atoms. The van der Waals surface area contributed by atoms with E-state index in [1.54, 1.807) is 11.6 Å². The van der Waals surface area contributed by atoms with Crippen molar-refractivity contribution in [3.05, 3.63) is 124 Å². The number of carbonyl (C=O) groups is 3. The van der Waals surface area contributed by atoms with Gasteiger partial charge in [0.05, 0.1) is 23.5 Å². The molecule has 0 radical (unpaired) electrons. The Hall–Kier alpha value is -5.30. The Labute approximate surface area is 280 Å². The number of alkyl halides is 3. The minimum Gasteiger partial charge on any atom is -0.347 e. The van der Waals surface area contributed by atoms with Gasteiger partial charge in [-0.1, -0.05) is 42.5 Å². The van der Waals surface area contributed by atoms with Gasteiger partial charge in [0, 0.05) is 42.3 Å². The zero-order chi connectivity index (χ0) is 34.9. The molecular weight excluding hydrogens is 640 g/mol. The highest BCUT2D eigenvalue weighted by Crippen LogP contribution is 2.44. The average Bonchev–Trinajstić information content (AvgIpc) is 3.47. The Balaban J connectivity index is 1.48. The van der Waals surface area contributed by atoms with Crippen LogP contribution in [0.3, 0.4) is 0 Å². The van der Waals surface area contributed by atoms with E-state index in [4.69, 9.17) is 5.10 Å². The lowest BCUT2D eigenvalue weighted by molar-refractivity contribution is -0.137. The van der Waals surface area contributed by atoms with E-state index in [1.807, 2.05) is 48.4 Å². The summed E-state index contributed by atoms with van der Waals surface area (Å²) in [4.78, 5) is 44.8. The van der Waals surface area contributed by atoms with E-state index in [0.717, 1.165) is 31.2 Å². The van der Waals surface area contributed by atoms with Crippen LogP contribution in [0.25, 0.3) is 5.69 Å². The summed E-state index contributed by atoms with van der Waals surface area (Å²) >= 11 is 0.